The molecule has 0 atom stereocenters. The number of ether oxygens (including phenoxy) is 1. The summed E-state index contributed by atoms with van der Waals surface area (Å²) in [5.74, 6) is 0.699. The lowest BCUT2D eigenvalue weighted by molar-refractivity contribution is 0.0940. The van der Waals surface area contributed by atoms with Crippen LogP contribution < -0.4 is 15.4 Å². The fourth-order valence-electron chi connectivity index (χ4n) is 3.66. The average molecular weight is 474 g/mol. The van der Waals surface area contributed by atoms with Crippen molar-refractivity contribution in [1.82, 2.24) is 29.9 Å². The van der Waals surface area contributed by atoms with Crippen molar-refractivity contribution in [2.24, 2.45) is 0 Å². The number of aromatic nitrogens is 5. The second-order valence-electron chi connectivity index (χ2n) is 9.39. The number of carbonyl (C=O) groups excluding carboxylic acids is 1. The van der Waals surface area contributed by atoms with Crippen molar-refractivity contribution in [2.45, 2.75) is 45.3 Å². The van der Waals surface area contributed by atoms with E-state index in [9.17, 15) is 9.90 Å². The predicted molar refractivity (Wildman–Crippen MR) is 131 cm³/mol. The summed E-state index contributed by atoms with van der Waals surface area (Å²) in [7, 11) is 0. The van der Waals surface area contributed by atoms with Crippen LogP contribution >= 0.6 is 0 Å². The molecule has 1 aliphatic rings. The molecule has 5 rings (SSSR count). The first kappa shape index (κ1) is 22.7. The van der Waals surface area contributed by atoms with Crippen LogP contribution in [-0.2, 0) is 0 Å². The molecule has 1 aromatic carbocycles. The summed E-state index contributed by atoms with van der Waals surface area (Å²) < 4.78 is 7.58. The highest BCUT2D eigenvalue weighted by molar-refractivity contribution is 5.96. The third kappa shape index (κ3) is 5.22. The number of amides is 1. The molecule has 4 aromatic rings. The van der Waals surface area contributed by atoms with Crippen LogP contribution in [0.4, 0.5) is 5.69 Å². The molecular weight excluding hydrogens is 446 g/mol. The number of fused-ring (bicyclic) bond motifs is 1. The van der Waals surface area contributed by atoms with Gasteiger partial charge in [0.1, 0.15) is 6.33 Å². The van der Waals surface area contributed by atoms with Gasteiger partial charge in [-0.1, -0.05) is 6.07 Å². The summed E-state index contributed by atoms with van der Waals surface area (Å²) in [4.78, 5) is 25.1. The summed E-state index contributed by atoms with van der Waals surface area (Å²) in [5, 5.41) is 21.1. The Morgan fingerprint density at radius 2 is 1.97 bits per heavy atom. The van der Waals surface area contributed by atoms with Crippen LogP contribution in [0.1, 0.15) is 42.6 Å². The average Bonchev–Trinajstić information content (AvgIpc) is 3.53. The summed E-state index contributed by atoms with van der Waals surface area (Å²) in [6.07, 6.45) is 8.33. The molecule has 1 fully saturated rings. The lowest BCUT2D eigenvalue weighted by atomic mass is 10.0. The van der Waals surface area contributed by atoms with Crippen LogP contribution in [0.25, 0.3) is 16.9 Å². The number of hydrogen-bond acceptors (Lipinski definition) is 8. The Morgan fingerprint density at radius 3 is 2.66 bits per heavy atom. The molecule has 0 radical (unpaired) electrons. The molecule has 0 bridgehead atoms. The maximum Gasteiger partial charge on any atom is 0.251 e. The molecule has 0 saturated heterocycles. The van der Waals surface area contributed by atoms with E-state index in [1.165, 1.54) is 6.33 Å². The topological polar surface area (TPSA) is 127 Å². The smallest absolute Gasteiger partial charge is 0.251 e. The molecule has 3 aromatic heterocycles. The van der Waals surface area contributed by atoms with Gasteiger partial charge >= 0.3 is 0 Å². The number of imidazole rings is 1. The Kier molecular flexibility index (Phi) is 5.81. The molecule has 180 valence electrons. The van der Waals surface area contributed by atoms with E-state index in [-0.39, 0.29) is 5.91 Å². The molecule has 1 saturated carbocycles. The Hall–Kier alpha value is -4.05. The van der Waals surface area contributed by atoms with Gasteiger partial charge in [-0.2, -0.15) is 0 Å². The van der Waals surface area contributed by atoms with Gasteiger partial charge in [-0.3, -0.25) is 4.79 Å². The van der Waals surface area contributed by atoms with Crippen LogP contribution in [-0.4, -0.2) is 53.8 Å². The molecule has 3 heterocycles. The van der Waals surface area contributed by atoms with E-state index >= 15 is 0 Å². The Bertz CT molecular complexity index is 1380. The van der Waals surface area contributed by atoms with Crippen LogP contribution in [0, 0.1) is 6.92 Å². The van der Waals surface area contributed by atoms with Gasteiger partial charge in [-0.05, 0) is 51.3 Å². The van der Waals surface area contributed by atoms with E-state index in [1.807, 2.05) is 25.1 Å². The summed E-state index contributed by atoms with van der Waals surface area (Å²) >= 11 is 0. The van der Waals surface area contributed by atoms with Gasteiger partial charge in [-0.15, -0.1) is 5.10 Å². The van der Waals surface area contributed by atoms with E-state index in [2.05, 4.69) is 30.7 Å². The predicted octanol–water partition coefficient (Wildman–Crippen LogP) is 3.36. The van der Waals surface area contributed by atoms with E-state index in [4.69, 9.17) is 4.74 Å². The van der Waals surface area contributed by atoms with Crippen molar-refractivity contribution in [3.05, 3.63) is 60.3 Å². The third-order valence-electron chi connectivity index (χ3n) is 5.60. The molecule has 0 unspecified atom stereocenters. The molecule has 35 heavy (non-hydrogen) atoms. The maximum atomic E-state index is 12.5. The quantitative estimate of drug-likeness (QED) is 0.356. The number of carbonyl (C=O) groups is 1. The summed E-state index contributed by atoms with van der Waals surface area (Å²) in [5.41, 5.74) is 3.41. The Balaban J connectivity index is 1.53. The largest absolute Gasteiger partial charge is 0.434 e. The number of rotatable bonds is 8. The second kappa shape index (κ2) is 8.95. The van der Waals surface area contributed by atoms with Gasteiger partial charge in [0.2, 0.25) is 5.88 Å². The zero-order chi connectivity index (χ0) is 24.6. The molecule has 0 spiro atoms. The lowest BCUT2D eigenvalue weighted by Gasteiger charge is -2.19. The third-order valence-corrected chi connectivity index (χ3v) is 5.60. The van der Waals surface area contributed by atoms with Crippen molar-refractivity contribution in [2.75, 3.05) is 11.9 Å². The number of aliphatic hydroxyl groups is 1. The highest BCUT2D eigenvalue weighted by Gasteiger charge is 2.24. The minimum atomic E-state index is -0.933. The maximum absolute atomic E-state index is 12.5. The molecular formula is C25H27N7O3. The highest BCUT2D eigenvalue weighted by atomic mass is 16.5. The van der Waals surface area contributed by atoms with Crippen molar-refractivity contribution < 1.29 is 14.6 Å². The van der Waals surface area contributed by atoms with E-state index < -0.39 is 5.60 Å². The molecule has 10 nitrogen and oxygen atoms in total. The van der Waals surface area contributed by atoms with Gasteiger partial charge in [0.05, 0.1) is 35.6 Å². The Labute approximate surface area is 202 Å². The summed E-state index contributed by atoms with van der Waals surface area (Å²) in [6.45, 7) is 5.66. The number of nitrogens with zero attached hydrogens (tertiary/aromatic N) is 5. The van der Waals surface area contributed by atoms with Crippen LogP contribution in [0.15, 0.2) is 49.2 Å². The Morgan fingerprint density at radius 1 is 1.20 bits per heavy atom. The van der Waals surface area contributed by atoms with Gasteiger partial charge in [0, 0.05) is 29.8 Å². The number of aryl methyl sites for hydroxylation is 1. The normalized spacial score (nSPS) is 13.6. The molecule has 1 amide bonds. The van der Waals surface area contributed by atoms with Gasteiger partial charge < -0.3 is 20.5 Å². The number of hydrogen-bond donors (Lipinski definition) is 3. The molecule has 1 aliphatic carbocycles. The monoisotopic (exact) mass is 473 g/mol. The fourth-order valence-corrected chi connectivity index (χ4v) is 3.66. The summed E-state index contributed by atoms with van der Waals surface area (Å²) in [6, 6.07) is 7.70. The van der Waals surface area contributed by atoms with Gasteiger partial charge in [-0.25, -0.2) is 19.5 Å². The number of nitrogens with one attached hydrogen (secondary N) is 2. The van der Waals surface area contributed by atoms with Gasteiger partial charge in [0.25, 0.3) is 5.91 Å². The SMILES string of the molecule is Cc1cc(-c2cnc3c(NCC(C)(C)O)cc(Oc4cncnc4)nn23)ccc1C(=O)NC1CC1. The van der Waals surface area contributed by atoms with E-state index in [0.717, 1.165) is 29.7 Å². The van der Waals surface area contributed by atoms with Crippen molar-refractivity contribution >= 4 is 17.2 Å². The van der Waals surface area contributed by atoms with E-state index in [1.54, 1.807) is 43.0 Å². The standard InChI is InChI=1S/C25H27N7O3/c1-15-8-16(4-7-19(15)24(33)30-17-5-6-17)21-12-28-23-20(29-13-25(2,3)34)9-22(31-32(21)23)35-18-10-26-14-27-11-18/h4,7-12,14,17,29,34H,5-6,13H2,1-3H3,(H,30,33). The van der Waals surface area contributed by atoms with Crippen molar-refractivity contribution in [1.29, 1.82) is 0 Å². The van der Waals surface area contributed by atoms with E-state index in [0.29, 0.717) is 41.1 Å². The first-order valence-corrected chi connectivity index (χ1v) is 11.5. The number of benzene rings is 1. The van der Waals surface area contributed by atoms with Gasteiger partial charge in [0.15, 0.2) is 11.4 Å². The zero-order valence-corrected chi connectivity index (χ0v) is 19.8. The molecule has 10 heteroatoms. The molecule has 0 aliphatic heterocycles. The van der Waals surface area contributed by atoms with Crippen molar-refractivity contribution in [3.8, 4) is 22.9 Å². The second-order valence-corrected chi connectivity index (χ2v) is 9.39. The van der Waals surface area contributed by atoms with Crippen LogP contribution in [0.2, 0.25) is 0 Å². The number of anilines is 1. The zero-order valence-electron chi connectivity index (χ0n) is 19.8. The minimum absolute atomic E-state index is 0.0494. The first-order valence-electron chi connectivity index (χ1n) is 11.5. The van der Waals surface area contributed by atoms with Crippen LogP contribution in [0.5, 0.6) is 11.6 Å². The van der Waals surface area contributed by atoms with Crippen LogP contribution in [0.3, 0.4) is 0 Å². The lowest BCUT2D eigenvalue weighted by Crippen LogP contribution is -2.29. The minimum Gasteiger partial charge on any atom is -0.434 e. The first-order chi connectivity index (χ1) is 16.8. The highest BCUT2D eigenvalue weighted by Crippen LogP contribution is 2.30. The fraction of sp³-hybridized carbons (Fsp3) is 0.320. The molecule has 3 N–H and O–H groups in total. The van der Waals surface area contributed by atoms with Crippen molar-refractivity contribution in [3.63, 3.8) is 0 Å².